The molecule has 102 valence electrons. The highest BCUT2D eigenvalue weighted by molar-refractivity contribution is 8.00. The van der Waals surface area contributed by atoms with Gasteiger partial charge in [-0.25, -0.2) is 8.78 Å². The van der Waals surface area contributed by atoms with Crippen molar-refractivity contribution in [3.05, 3.63) is 29.8 Å². The molecule has 0 saturated heterocycles. The number of benzene rings is 1. The largest absolute Gasteiger partial charge is 0.395 e. The van der Waals surface area contributed by atoms with E-state index in [2.05, 4.69) is 0 Å². The summed E-state index contributed by atoms with van der Waals surface area (Å²) in [5, 5.41) is 8.99. The van der Waals surface area contributed by atoms with Gasteiger partial charge in [-0.05, 0) is 23.6 Å². The molecule has 0 fully saturated rings. The van der Waals surface area contributed by atoms with E-state index >= 15 is 0 Å². The maximum absolute atomic E-state index is 13.5. The van der Waals surface area contributed by atoms with Gasteiger partial charge >= 0.3 is 0 Å². The van der Waals surface area contributed by atoms with Crippen LogP contribution in [-0.4, -0.2) is 23.0 Å². The second kappa shape index (κ2) is 5.99. The number of aliphatic hydroxyl groups excluding tert-OH is 1. The lowest BCUT2D eigenvalue weighted by Crippen LogP contribution is -2.45. The van der Waals surface area contributed by atoms with Gasteiger partial charge in [0.05, 0.1) is 6.61 Å². The van der Waals surface area contributed by atoms with Gasteiger partial charge in [-0.3, -0.25) is 0 Å². The van der Waals surface area contributed by atoms with Crippen LogP contribution in [0.5, 0.6) is 0 Å². The molecule has 2 atom stereocenters. The minimum absolute atomic E-state index is 0.175. The standard InChI is InChI=1S/C13H19F2NOS/c1-13(2,3)12(16)11(7-17)18-10-6-8(14)4-5-9(10)15/h4-6,11-12,17H,7,16H2,1-3H3. The predicted molar refractivity (Wildman–Crippen MR) is 70.5 cm³/mol. The summed E-state index contributed by atoms with van der Waals surface area (Å²) in [6, 6.07) is 2.94. The van der Waals surface area contributed by atoms with E-state index in [0.29, 0.717) is 0 Å². The lowest BCUT2D eigenvalue weighted by atomic mass is 9.85. The summed E-state index contributed by atoms with van der Waals surface area (Å²) >= 11 is 1.07. The fourth-order valence-corrected chi connectivity index (χ4v) is 2.83. The quantitative estimate of drug-likeness (QED) is 0.831. The van der Waals surface area contributed by atoms with Crippen molar-refractivity contribution in [2.24, 2.45) is 11.1 Å². The number of nitrogens with two attached hydrogens (primary N) is 1. The molecule has 0 radical (unpaired) electrons. The summed E-state index contributed by atoms with van der Waals surface area (Å²) < 4.78 is 26.6. The van der Waals surface area contributed by atoms with Gasteiger partial charge in [0.1, 0.15) is 11.6 Å². The van der Waals surface area contributed by atoms with Gasteiger partial charge in [0, 0.05) is 16.2 Å². The smallest absolute Gasteiger partial charge is 0.136 e. The maximum Gasteiger partial charge on any atom is 0.136 e. The van der Waals surface area contributed by atoms with E-state index in [1.165, 1.54) is 0 Å². The Kier molecular flexibility index (Phi) is 5.13. The minimum Gasteiger partial charge on any atom is -0.395 e. The lowest BCUT2D eigenvalue weighted by molar-refractivity contribution is 0.233. The van der Waals surface area contributed by atoms with E-state index in [-0.39, 0.29) is 28.2 Å². The van der Waals surface area contributed by atoms with E-state index in [1.54, 1.807) is 0 Å². The van der Waals surface area contributed by atoms with Crippen LogP contribution < -0.4 is 5.73 Å². The van der Waals surface area contributed by atoms with Gasteiger partial charge < -0.3 is 10.8 Å². The number of halogens is 2. The Morgan fingerprint density at radius 2 is 1.94 bits per heavy atom. The van der Waals surface area contributed by atoms with E-state index in [9.17, 15) is 13.9 Å². The third-order valence-electron chi connectivity index (χ3n) is 2.75. The topological polar surface area (TPSA) is 46.2 Å². The van der Waals surface area contributed by atoms with Crippen LogP contribution in [0.3, 0.4) is 0 Å². The Bertz CT molecular complexity index is 406. The summed E-state index contributed by atoms with van der Waals surface area (Å²) in [6.45, 7) is 5.66. The first-order chi connectivity index (χ1) is 8.25. The Morgan fingerprint density at radius 3 is 2.44 bits per heavy atom. The van der Waals surface area contributed by atoms with Crippen molar-refractivity contribution < 1.29 is 13.9 Å². The molecule has 0 aromatic heterocycles. The molecular weight excluding hydrogens is 256 g/mol. The van der Waals surface area contributed by atoms with Gasteiger partial charge in [-0.1, -0.05) is 20.8 Å². The molecule has 0 aliphatic heterocycles. The molecule has 18 heavy (non-hydrogen) atoms. The monoisotopic (exact) mass is 275 g/mol. The Labute approximate surface area is 111 Å². The average molecular weight is 275 g/mol. The third-order valence-corrected chi connectivity index (χ3v) is 4.06. The lowest BCUT2D eigenvalue weighted by Gasteiger charge is -2.32. The van der Waals surface area contributed by atoms with Gasteiger partial charge in [0.15, 0.2) is 0 Å². The van der Waals surface area contributed by atoms with Crippen molar-refractivity contribution in [3.63, 3.8) is 0 Å². The first-order valence-electron chi connectivity index (χ1n) is 5.74. The molecule has 1 aromatic rings. The second-order valence-electron chi connectivity index (χ2n) is 5.31. The van der Waals surface area contributed by atoms with Crippen LogP contribution in [0.25, 0.3) is 0 Å². The molecule has 5 heteroatoms. The van der Waals surface area contributed by atoms with Crippen LogP contribution in [0.15, 0.2) is 23.1 Å². The minimum atomic E-state index is -0.500. The van der Waals surface area contributed by atoms with Gasteiger partial charge in [0.25, 0.3) is 0 Å². The van der Waals surface area contributed by atoms with Crippen molar-refractivity contribution in [1.82, 2.24) is 0 Å². The number of rotatable bonds is 4. The molecule has 0 amide bonds. The van der Waals surface area contributed by atoms with Gasteiger partial charge in [0.2, 0.25) is 0 Å². The first kappa shape index (κ1) is 15.4. The molecule has 1 aromatic carbocycles. The van der Waals surface area contributed by atoms with Crippen molar-refractivity contribution in [2.75, 3.05) is 6.61 Å². The van der Waals surface area contributed by atoms with Crippen LogP contribution in [0.2, 0.25) is 0 Å². The van der Waals surface area contributed by atoms with Crippen molar-refractivity contribution in [3.8, 4) is 0 Å². The molecule has 0 heterocycles. The fraction of sp³-hybridized carbons (Fsp3) is 0.538. The van der Waals surface area contributed by atoms with Crippen LogP contribution in [-0.2, 0) is 0 Å². The summed E-state index contributed by atoms with van der Waals surface area (Å²) in [6.07, 6.45) is 0. The summed E-state index contributed by atoms with van der Waals surface area (Å²) in [7, 11) is 0. The van der Waals surface area contributed by atoms with Crippen molar-refractivity contribution in [1.29, 1.82) is 0 Å². The Morgan fingerprint density at radius 1 is 1.33 bits per heavy atom. The Hall–Kier alpha value is -0.650. The molecule has 0 bridgehead atoms. The average Bonchev–Trinajstić information content (AvgIpc) is 2.28. The third kappa shape index (κ3) is 3.93. The van der Waals surface area contributed by atoms with E-state index in [4.69, 9.17) is 5.73 Å². The zero-order valence-corrected chi connectivity index (χ0v) is 11.6. The van der Waals surface area contributed by atoms with Crippen LogP contribution in [0.4, 0.5) is 8.78 Å². The molecule has 2 unspecified atom stereocenters. The fourth-order valence-electron chi connectivity index (χ4n) is 1.51. The number of hydrogen-bond acceptors (Lipinski definition) is 3. The van der Waals surface area contributed by atoms with Gasteiger partial charge in [-0.2, -0.15) is 0 Å². The Balaban J connectivity index is 2.89. The molecule has 0 aliphatic carbocycles. The zero-order chi connectivity index (χ0) is 13.9. The highest BCUT2D eigenvalue weighted by atomic mass is 32.2. The summed E-state index contributed by atoms with van der Waals surface area (Å²) in [5.41, 5.74) is 5.83. The number of aliphatic hydroxyl groups is 1. The van der Waals surface area contributed by atoms with Gasteiger partial charge in [-0.15, -0.1) is 11.8 Å². The van der Waals surface area contributed by atoms with E-state index in [0.717, 1.165) is 30.0 Å². The molecule has 1 rings (SSSR count). The maximum atomic E-state index is 13.5. The van der Waals surface area contributed by atoms with Crippen molar-refractivity contribution >= 4 is 11.8 Å². The van der Waals surface area contributed by atoms with Crippen LogP contribution >= 0.6 is 11.8 Å². The predicted octanol–water partition coefficient (Wildman–Crippen LogP) is 2.79. The van der Waals surface area contributed by atoms with Crippen LogP contribution in [0, 0.1) is 17.0 Å². The highest BCUT2D eigenvalue weighted by Crippen LogP contribution is 2.33. The normalized spacial score (nSPS) is 15.5. The summed E-state index contributed by atoms with van der Waals surface area (Å²) in [4.78, 5) is 0.175. The molecule has 0 spiro atoms. The molecule has 0 saturated carbocycles. The van der Waals surface area contributed by atoms with Crippen molar-refractivity contribution in [2.45, 2.75) is 37.0 Å². The number of hydrogen-bond donors (Lipinski definition) is 2. The van der Waals surface area contributed by atoms with E-state index < -0.39 is 11.6 Å². The number of thioether (sulfide) groups is 1. The van der Waals surface area contributed by atoms with E-state index in [1.807, 2.05) is 20.8 Å². The second-order valence-corrected chi connectivity index (χ2v) is 6.59. The highest BCUT2D eigenvalue weighted by Gasteiger charge is 2.29. The SMILES string of the molecule is CC(C)(C)C(N)C(CO)Sc1cc(F)ccc1F. The molecule has 2 nitrogen and oxygen atoms in total. The summed E-state index contributed by atoms with van der Waals surface area (Å²) in [5.74, 6) is -0.999. The zero-order valence-electron chi connectivity index (χ0n) is 10.8. The molecular formula is C13H19F2NOS. The first-order valence-corrected chi connectivity index (χ1v) is 6.62. The van der Waals surface area contributed by atoms with Crippen LogP contribution in [0.1, 0.15) is 20.8 Å². The molecule has 0 aliphatic rings. The molecule has 3 N–H and O–H groups in total.